The first-order valence-corrected chi connectivity index (χ1v) is 9.30. The van der Waals surface area contributed by atoms with Crippen molar-refractivity contribution in [1.29, 1.82) is 0 Å². The topological polar surface area (TPSA) is 55.4 Å². The number of aryl methyl sites for hydroxylation is 1. The summed E-state index contributed by atoms with van der Waals surface area (Å²) in [4.78, 5) is 24.4. The molecule has 0 aromatic heterocycles. The van der Waals surface area contributed by atoms with Gasteiger partial charge < -0.3 is 10.1 Å². The summed E-state index contributed by atoms with van der Waals surface area (Å²) < 4.78 is 44.1. The van der Waals surface area contributed by atoms with Gasteiger partial charge in [-0.2, -0.15) is 13.2 Å². The molecule has 0 radical (unpaired) electrons. The van der Waals surface area contributed by atoms with Crippen LogP contribution in [0.15, 0.2) is 42.5 Å². The molecular weight excluding hydrogens is 383 g/mol. The van der Waals surface area contributed by atoms with E-state index in [2.05, 4.69) is 5.32 Å². The second kappa shape index (κ2) is 7.39. The largest absolute Gasteiger partial charge is 0.493 e. The molecule has 1 aliphatic carbocycles. The number of rotatable bonds is 2. The smallest absolute Gasteiger partial charge is 0.416 e. The fraction of sp³-hybridized carbons (Fsp3) is 0.273. The monoisotopic (exact) mass is 401 g/mol. The molecule has 4 nitrogen and oxygen atoms in total. The number of hydrogen-bond acceptors (Lipinski definition) is 3. The molecule has 2 aromatic rings. The van der Waals surface area contributed by atoms with Gasteiger partial charge in [0.05, 0.1) is 12.2 Å². The standard InChI is InChI=1S/C22H18F3NO3/c23-22(24,25)15-5-7-17-14(8-9-29-20(17)11-15)10-21(28)26-19-3-1-2-13-4-6-16(27)12-18(13)19/h1-3,5,7,10-11H,4,6,8-9,12H2,(H,26,28). The van der Waals surface area contributed by atoms with Crippen molar-refractivity contribution in [3.63, 3.8) is 0 Å². The zero-order chi connectivity index (χ0) is 20.6. The third-order valence-corrected chi connectivity index (χ3v) is 5.17. The molecule has 4 rings (SSSR count). The highest BCUT2D eigenvalue weighted by Gasteiger charge is 2.32. The molecule has 0 atom stereocenters. The molecule has 0 fully saturated rings. The van der Waals surface area contributed by atoms with Gasteiger partial charge in [0.15, 0.2) is 0 Å². The highest BCUT2D eigenvalue weighted by atomic mass is 19.4. The van der Waals surface area contributed by atoms with Gasteiger partial charge in [-0.05, 0) is 41.3 Å². The van der Waals surface area contributed by atoms with Crippen molar-refractivity contribution in [2.24, 2.45) is 0 Å². The van der Waals surface area contributed by atoms with E-state index >= 15 is 0 Å². The number of carbonyl (C=O) groups is 2. The Labute approximate surface area is 165 Å². The molecule has 1 heterocycles. The Morgan fingerprint density at radius 1 is 1.10 bits per heavy atom. The SMILES string of the molecule is O=C1CCc2cccc(NC(=O)C=C3CCOc4cc(C(F)(F)F)ccc43)c2C1. The van der Waals surface area contributed by atoms with Crippen LogP contribution in [0.25, 0.3) is 5.57 Å². The number of benzene rings is 2. The highest BCUT2D eigenvalue weighted by Crippen LogP contribution is 2.38. The van der Waals surface area contributed by atoms with Gasteiger partial charge in [0.25, 0.3) is 0 Å². The fourth-order valence-electron chi connectivity index (χ4n) is 3.72. The minimum absolute atomic E-state index is 0.118. The molecule has 0 saturated heterocycles. The molecule has 7 heteroatoms. The van der Waals surface area contributed by atoms with Crippen LogP contribution >= 0.6 is 0 Å². The number of ketones is 1. The number of halogens is 3. The normalized spacial score (nSPS) is 17.3. The maximum Gasteiger partial charge on any atom is 0.416 e. The van der Waals surface area contributed by atoms with Crippen LogP contribution in [0.3, 0.4) is 0 Å². The van der Waals surface area contributed by atoms with Gasteiger partial charge in [-0.3, -0.25) is 9.59 Å². The van der Waals surface area contributed by atoms with E-state index in [-0.39, 0.29) is 24.0 Å². The maximum absolute atomic E-state index is 12.9. The van der Waals surface area contributed by atoms with E-state index in [0.29, 0.717) is 42.5 Å². The third kappa shape index (κ3) is 4.04. The molecule has 0 unspecified atom stereocenters. The summed E-state index contributed by atoms with van der Waals surface area (Å²) in [5.74, 6) is -0.136. The molecule has 1 N–H and O–H groups in total. The van der Waals surface area contributed by atoms with Crippen LogP contribution in [0.2, 0.25) is 0 Å². The van der Waals surface area contributed by atoms with Crippen LogP contribution in [0, 0.1) is 0 Å². The second-order valence-electron chi connectivity index (χ2n) is 7.12. The number of hydrogen-bond donors (Lipinski definition) is 1. The molecule has 2 aromatic carbocycles. The number of fused-ring (bicyclic) bond motifs is 2. The van der Waals surface area contributed by atoms with Crippen LogP contribution in [0.4, 0.5) is 18.9 Å². The fourth-order valence-corrected chi connectivity index (χ4v) is 3.72. The van der Waals surface area contributed by atoms with E-state index in [9.17, 15) is 22.8 Å². The van der Waals surface area contributed by atoms with E-state index in [0.717, 1.165) is 23.3 Å². The summed E-state index contributed by atoms with van der Waals surface area (Å²) in [6.45, 7) is 0.197. The minimum atomic E-state index is -4.46. The zero-order valence-corrected chi connectivity index (χ0v) is 15.4. The average molecular weight is 401 g/mol. The van der Waals surface area contributed by atoms with Crippen molar-refractivity contribution in [2.45, 2.75) is 31.9 Å². The molecule has 2 aliphatic rings. The van der Waals surface area contributed by atoms with Crippen LogP contribution < -0.4 is 10.1 Å². The Morgan fingerprint density at radius 2 is 1.93 bits per heavy atom. The summed E-state index contributed by atoms with van der Waals surface area (Å²) >= 11 is 0. The molecule has 0 spiro atoms. The lowest BCUT2D eigenvalue weighted by Gasteiger charge is -2.22. The number of carbonyl (C=O) groups excluding carboxylic acids is 2. The van der Waals surface area contributed by atoms with Crippen molar-refractivity contribution in [3.8, 4) is 5.75 Å². The van der Waals surface area contributed by atoms with E-state index in [1.807, 2.05) is 12.1 Å². The lowest BCUT2D eigenvalue weighted by molar-refractivity contribution is -0.137. The van der Waals surface area contributed by atoms with Gasteiger partial charge in [0.1, 0.15) is 11.5 Å². The first kappa shape index (κ1) is 19.2. The Hall–Kier alpha value is -3.09. The van der Waals surface area contributed by atoms with Crippen LogP contribution in [0.5, 0.6) is 5.75 Å². The zero-order valence-electron chi connectivity index (χ0n) is 15.4. The van der Waals surface area contributed by atoms with Crippen molar-refractivity contribution >= 4 is 23.0 Å². The lowest BCUT2D eigenvalue weighted by atomic mass is 9.89. The summed E-state index contributed by atoms with van der Waals surface area (Å²) in [6, 6.07) is 8.81. The minimum Gasteiger partial charge on any atom is -0.493 e. The van der Waals surface area contributed by atoms with Gasteiger partial charge in [0, 0.05) is 36.6 Å². The summed E-state index contributed by atoms with van der Waals surface area (Å²) in [7, 11) is 0. The average Bonchev–Trinajstić information content (AvgIpc) is 2.67. The number of anilines is 1. The molecule has 150 valence electrons. The van der Waals surface area contributed by atoms with Gasteiger partial charge >= 0.3 is 6.18 Å². The summed E-state index contributed by atoms with van der Waals surface area (Å²) in [5, 5.41) is 2.82. The summed E-state index contributed by atoms with van der Waals surface area (Å²) in [6.07, 6.45) is -1.20. The van der Waals surface area contributed by atoms with Crippen molar-refractivity contribution in [1.82, 2.24) is 0 Å². The highest BCUT2D eigenvalue weighted by molar-refractivity contribution is 6.05. The molecule has 1 amide bonds. The molecule has 0 bridgehead atoms. The Kier molecular flexibility index (Phi) is 4.90. The molecule has 1 aliphatic heterocycles. The Morgan fingerprint density at radius 3 is 2.72 bits per heavy atom. The van der Waals surface area contributed by atoms with Crippen molar-refractivity contribution in [3.05, 3.63) is 64.7 Å². The van der Waals surface area contributed by atoms with Crippen LogP contribution in [-0.4, -0.2) is 18.3 Å². The van der Waals surface area contributed by atoms with Gasteiger partial charge in [0.2, 0.25) is 5.91 Å². The predicted molar refractivity (Wildman–Crippen MR) is 102 cm³/mol. The Bertz CT molecular complexity index is 1020. The number of alkyl halides is 3. The van der Waals surface area contributed by atoms with Gasteiger partial charge in [-0.15, -0.1) is 0 Å². The Balaban J connectivity index is 1.59. The lowest BCUT2D eigenvalue weighted by Crippen LogP contribution is -2.18. The van der Waals surface area contributed by atoms with Crippen LogP contribution in [0.1, 0.15) is 35.1 Å². The number of nitrogens with one attached hydrogen (secondary N) is 1. The van der Waals surface area contributed by atoms with Gasteiger partial charge in [-0.1, -0.05) is 18.2 Å². The predicted octanol–water partition coefficient (Wildman–Crippen LogP) is 4.57. The quantitative estimate of drug-likeness (QED) is 0.751. The van der Waals surface area contributed by atoms with Crippen molar-refractivity contribution in [2.75, 3.05) is 11.9 Å². The van der Waals surface area contributed by atoms with Crippen molar-refractivity contribution < 1.29 is 27.5 Å². The van der Waals surface area contributed by atoms with E-state index in [4.69, 9.17) is 4.74 Å². The summed E-state index contributed by atoms with van der Waals surface area (Å²) in [5.41, 5.74) is 2.77. The molecular formula is C22H18F3NO3. The molecule has 29 heavy (non-hydrogen) atoms. The molecule has 0 saturated carbocycles. The number of amides is 1. The first-order valence-electron chi connectivity index (χ1n) is 9.30. The second-order valence-corrected chi connectivity index (χ2v) is 7.12. The third-order valence-electron chi connectivity index (χ3n) is 5.17. The maximum atomic E-state index is 12.9. The van der Waals surface area contributed by atoms with E-state index < -0.39 is 11.7 Å². The van der Waals surface area contributed by atoms with E-state index in [1.165, 1.54) is 12.1 Å². The van der Waals surface area contributed by atoms with Crippen LogP contribution in [-0.2, 0) is 28.6 Å². The first-order chi connectivity index (χ1) is 13.8. The number of Topliss-reactive ketones (excluding diaryl/α,β-unsaturated/α-hetero) is 1. The van der Waals surface area contributed by atoms with Gasteiger partial charge in [-0.25, -0.2) is 0 Å². The number of ether oxygens (including phenoxy) is 1. The van der Waals surface area contributed by atoms with E-state index in [1.54, 1.807) is 6.07 Å².